The lowest BCUT2D eigenvalue weighted by Gasteiger charge is -2.18. The summed E-state index contributed by atoms with van der Waals surface area (Å²) in [5.74, 6) is 0. The molecule has 1 atom stereocenters. The van der Waals surface area contributed by atoms with Crippen LogP contribution in [0.2, 0.25) is 5.02 Å². The lowest BCUT2D eigenvalue weighted by molar-refractivity contribution is 0.546. The summed E-state index contributed by atoms with van der Waals surface area (Å²) in [6.07, 6.45) is 2.67. The van der Waals surface area contributed by atoms with Gasteiger partial charge in [-0.15, -0.1) is 0 Å². The Balaban J connectivity index is 2.33. The average molecular weight is 293 g/mol. The molecule has 2 rings (SSSR count). The summed E-state index contributed by atoms with van der Waals surface area (Å²) in [5, 5.41) is 8.44. The first-order valence-corrected chi connectivity index (χ1v) is 7.10. The van der Waals surface area contributed by atoms with Gasteiger partial charge in [0.05, 0.1) is 28.1 Å². The van der Waals surface area contributed by atoms with E-state index >= 15 is 0 Å². The standard InChI is InChI=1S/C15H21ClN4/c1-9-6-10(2)15(18-8-9)12(17-4)7-13-14(16)11(3)19-20(13)5/h6,8,12,17H,7H2,1-5H3. The highest BCUT2D eigenvalue weighted by Crippen LogP contribution is 2.26. The highest BCUT2D eigenvalue weighted by Gasteiger charge is 2.19. The zero-order valence-corrected chi connectivity index (χ0v) is 13.4. The lowest BCUT2D eigenvalue weighted by atomic mass is 10.0. The van der Waals surface area contributed by atoms with Crippen molar-refractivity contribution in [2.45, 2.75) is 33.2 Å². The fraction of sp³-hybridized carbons (Fsp3) is 0.467. The molecule has 1 unspecified atom stereocenters. The summed E-state index contributed by atoms with van der Waals surface area (Å²) in [6.45, 7) is 6.07. The van der Waals surface area contributed by atoms with E-state index in [4.69, 9.17) is 11.6 Å². The molecule has 0 amide bonds. The fourth-order valence-electron chi connectivity index (χ4n) is 2.52. The van der Waals surface area contributed by atoms with Crippen molar-refractivity contribution in [3.63, 3.8) is 0 Å². The van der Waals surface area contributed by atoms with Crippen LogP contribution in [0.1, 0.15) is 34.3 Å². The molecule has 2 heterocycles. The number of hydrogen-bond donors (Lipinski definition) is 1. The molecule has 20 heavy (non-hydrogen) atoms. The number of nitrogens with one attached hydrogen (secondary N) is 1. The van der Waals surface area contributed by atoms with Crippen molar-refractivity contribution in [3.8, 4) is 0 Å². The van der Waals surface area contributed by atoms with Gasteiger partial charge in [-0.2, -0.15) is 5.10 Å². The van der Waals surface area contributed by atoms with E-state index in [1.54, 1.807) is 0 Å². The summed E-state index contributed by atoms with van der Waals surface area (Å²) in [7, 11) is 3.87. The molecule has 0 saturated heterocycles. The first-order chi connectivity index (χ1) is 9.43. The Kier molecular flexibility index (Phi) is 4.45. The Morgan fingerprint density at radius 2 is 2.05 bits per heavy atom. The van der Waals surface area contributed by atoms with Crippen LogP contribution in [-0.4, -0.2) is 21.8 Å². The number of aromatic nitrogens is 3. The number of nitrogens with zero attached hydrogens (tertiary/aromatic N) is 3. The maximum absolute atomic E-state index is 6.34. The van der Waals surface area contributed by atoms with Crippen LogP contribution < -0.4 is 5.32 Å². The van der Waals surface area contributed by atoms with Crippen LogP contribution >= 0.6 is 11.6 Å². The monoisotopic (exact) mass is 292 g/mol. The second-order valence-corrected chi connectivity index (χ2v) is 5.61. The number of halogens is 1. The van der Waals surface area contributed by atoms with Gasteiger partial charge < -0.3 is 5.32 Å². The molecule has 0 spiro atoms. The molecule has 0 aliphatic carbocycles. The average Bonchev–Trinajstić information content (AvgIpc) is 2.62. The summed E-state index contributed by atoms with van der Waals surface area (Å²) < 4.78 is 1.85. The number of pyridine rings is 1. The first-order valence-electron chi connectivity index (χ1n) is 6.72. The molecule has 2 aromatic heterocycles. The molecular formula is C15H21ClN4. The van der Waals surface area contributed by atoms with Crippen LogP contribution in [0, 0.1) is 20.8 Å². The fourth-order valence-corrected chi connectivity index (χ4v) is 2.76. The van der Waals surface area contributed by atoms with E-state index in [0.717, 1.165) is 28.5 Å². The van der Waals surface area contributed by atoms with Crippen molar-refractivity contribution >= 4 is 11.6 Å². The van der Waals surface area contributed by atoms with Gasteiger partial charge in [-0.05, 0) is 38.9 Å². The molecule has 0 aliphatic rings. The van der Waals surface area contributed by atoms with Crippen molar-refractivity contribution in [1.82, 2.24) is 20.1 Å². The van der Waals surface area contributed by atoms with Crippen molar-refractivity contribution in [3.05, 3.63) is 45.5 Å². The highest BCUT2D eigenvalue weighted by atomic mass is 35.5. The van der Waals surface area contributed by atoms with Crippen LogP contribution in [0.15, 0.2) is 12.3 Å². The molecule has 0 fully saturated rings. The van der Waals surface area contributed by atoms with Crippen LogP contribution in [0.5, 0.6) is 0 Å². The molecule has 0 saturated carbocycles. The predicted octanol–water partition coefficient (Wildman–Crippen LogP) is 2.90. The zero-order valence-electron chi connectivity index (χ0n) is 12.7. The van der Waals surface area contributed by atoms with Crippen LogP contribution in [0.3, 0.4) is 0 Å². The van der Waals surface area contributed by atoms with E-state index in [1.807, 2.05) is 31.9 Å². The van der Waals surface area contributed by atoms with Gasteiger partial charge in [0, 0.05) is 19.7 Å². The third-order valence-corrected chi connectivity index (χ3v) is 4.08. The lowest BCUT2D eigenvalue weighted by Crippen LogP contribution is -2.22. The van der Waals surface area contributed by atoms with Crippen molar-refractivity contribution < 1.29 is 0 Å². The first kappa shape index (κ1) is 15.0. The van der Waals surface area contributed by atoms with Crippen LogP contribution in [0.4, 0.5) is 0 Å². The van der Waals surface area contributed by atoms with Gasteiger partial charge in [0.1, 0.15) is 0 Å². The Morgan fingerprint density at radius 1 is 1.35 bits per heavy atom. The topological polar surface area (TPSA) is 42.7 Å². The van der Waals surface area contributed by atoms with Gasteiger partial charge in [-0.25, -0.2) is 0 Å². The summed E-state index contributed by atoms with van der Waals surface area (Å²) in [5.41, 5.74) is 5.33. The Labute approximate surface area is 125 Å². The van der Waals surface area contributed by atoms with E-state index in [-0.39, 0.29) is 6.04 Å². The van der Waals surface area contributed by atoms with E-state index in [9.17, 15) is 0 Å². The second-order valence-electron chi connectivity index (χ2n) is 5.23. The van der Waals surface area contributed by atoms with E-state index in [2.05, 4.69) is 35.3 Å². The smallest absolute Gasteiger partial charge is 0.0847 e. The molecule has 108 valence electrons. The Bertz CT molecular complexity index is 619. The number of hydrogen-bond acceptors (Lipinski definition) is 3. The minimum absolute atomic E-state index is 0.128. The van der Waals surface area contributed by atoms with Gasteiger partial charge in [0.25, 0.3) is 0 Å². The van der Waals surface area contributed by atoms with Crippen molar-refractivity contribution in [1.29, 1.82) is 0 Å². The normalized spacial score (nSPS) is 12.7. The van der Waals surface area contributed by atoms with Gasteiger partial charge >= 0.3 is 0 Å². The maximum atomic E-state index is 6.34. The number of likely N-dealkylation sites (N-methyl/N-ethyl adjacent to an activating group) is 1. The highest BCUT2D eigenvalue weighted by molar-refractivity contribution is 6.31. The van der Waals surface area contributed by atoms with E-state index in [1.165, 1.54) is 11.1 Å². The van der Waals surface area contributed by atoms with Crippen LogP contribution in [0.25, 0.3) is 0 Å². The molecule has 0 radical (unpaired) electrons. The number of rotatable bonds is 4. The predicted molar refractivity (Wildman–Crippen MR) is 82.2 cm³/mol. The van der Waals surface area contributed by atoms with Gasteiger partial charge in [-0.3, -0.25) is 9.67 Å². The van der Waals surface area contributed by atoms with E-state index in [0.29, 0.717) is 0 Å². The third-order valence-electron chi connectivity index (χ3n) is 3.59. The minimum Gasteiger partial charge on any atom is -0.311 e. The van der Waals surface area contributed by atoms with Crippen molar-refractivity contribution in [2.75, 3.05) is 7.05 Å². The summed E-state index contributed by atoms with van der Waals surface area (Å²) in [6, 6.07) is 2.28. The summed E-state index contributed by atoms with van der Waals surface area (Å²) in [4.78, 5) is 4.58. The molecule has 5 heteroatoms. The second kappa shape index (κ2) is 5.94. The molecular weight excluding hydrogens is 272 g/mol. The molecule has 0 aliphatic heterocycles. The van der Waals surface area contributed by atoms with Gasteiger partial charge in [0.2, 0.25) is 0 Å². The maximum Gasteiger partial charge on any atom is 0.0847 e. The van der Waals surface area contributed by atoms with Crippen LogP contribution in [-0.2, 0) is 13.5 Å². The van der Waals surface area contributed by atoms with Crippen molar-refractivity contribution in [2.24, 2.45) is 7.05 Å². The minimum atomic E-state index is 0.128. The van der Waals surface area contributed by atoms with E-state index < -0.39 is 0 Å². The molecule has 2 aromatic rings. The Hall–Kier alpha value is -1.39. The summed E-state index contributed by atoms with van der Waals surface area (Å²) >= 11 is 6.34. The van der Waals surface area contributed by atoms with Gasteiger partial charge in [0.15, 0.2) is 0 Å². The zero-order chi connectivity index (χ0) is 14.9. The molecule has 0 bridgehead atoms. The molecule has 1 N–H and O–H groups in total. The largest absolute Gasteiger partial charge is 0.311 e. The van der Waals surface area contributed by atoms with Gasteiger partial charge in [-0.1, -0.05) is 17.7 Å². The third kappa shape index (κ3) is 2.86. The Morgan fingerprint density at radius 3 is 2.55 bits per heavy atom. The molecule has 4 nitrogen and oxygen atoms in total. The SMILES string of the molecule is CNC(Cc1c(Cl)c(C)nn1C)c1ncc(C)cc1C. The number of aryl methyl sites for hydroxylation is 4. The molecule has 0 aromatic carbocycles. The quantitative estimate of drug-likeness (QED) is 0.942.